The molecule has 4 aromatic rings. The molecule has 0 aliphatic heterocycles. The third-order valence-corrected chi connectivity index (χ3v) is 5.87. The molecular weight excluding hydrogens is 473 g/mol. The van der Waals surface area contributed by atoms with E-state index in [0.717, 1.165) is 11.8 Å². The predicted molar refractivity (Wildman–Crippen MR) is 127 cm³/mol. The van der Waals surface area contributed by atoms with Crippen molar-refractivity contribution in [2.24, 2.45) is 0 Å². The van der Waals surface area contributed by atoms with Gasteiger partial charge in [-0.05, 0) is 60.7 Å². The van der Waals surface area contributed by atoms with Crippen molar-refractivity contribution in [3.63, 3.8) is 0 Å². The Labute approximate surface area is 204 Å². The van der Waals surface area contributed by atoms with Crippen LogP contribution in [0.2, 0.25) is 0 Å². The van der Waals surface area contributed by atoms with Crippen LogP contribution < -0.4 is 10.1 Å². The van der Waals surface area contributed by atoms with Crippen LogP contribution in [0, 0.1) is 5.82 Å². The van der Waals surface area contributed by atoms with E-state index in [9.17, 15) is 14.0 Å². The molecule has 1 aromatic heterocycles. The molecule has 3 aromatic carbocycles. The van der Waals surface area contributed by atoms with Crippen LogP contribution in [0.4, 0.5) is 10.1 Å². The van der Waals surface area contributed by atoms with Gasteiger partial charge in [0.2, 0.25) is 5.82 Å². The van der Waals surface area contributed by atoms with Crippen LogP contribution in [0.3, 0.4) is 0 Å². The Morgan fingerprint density at radius 3 is 2.60 bits per heavy atom. The van der Waals surface area contributed by atoms with Crippen molar-refractivity contribution < 1.29 is 23.5 Å². The van der Waals surface area contributed by atoms with Crippen LogP contribution in [0.15, 0.2) is 76.5 Å². The molecule has 0 saturated heterocycles. The third kappa shape index (κ3) is 6.01. The number of aromatic nitrogens is 4. The highest BCUT2D eigenvalue weighted by atomic mass is 32.2. The van der Waals surface area contributed by atoms with Crippen molar-refractivity contribution in [2.75, 3.05) is 18.5 Å². The summed E-state index contributed by atoms with van der Waals surface area (Å²) in [5.74, 6) is -0.611. The molecule has 2 N–H and O–H groups in total. The van der Waals surface area contributed by atoms with Gasteiger partial charge in [0.1, 0.15) is 11.6 Å². The summed E-state index contributed by atoms with van der Waals surface area (Å²) in [5.41, 5.74) is 1.32. The number of nitrogens with one attached hydrogen (secondary N) is 2. The minimum absolute atomic E-state index is 0.228. The Hall–Kier alpha value is -4.25. The molecule has 0 bridgehead atoms. The molecule has 11 heteroatoms. The van der Waals surface area contributed by atoms with Crippen molar-refractivity contribution in [2.45, 2.75) is 16.7 Å². The number of esters is 1. The number of aromatic amines is 1. The van der Waals surface area contributed by atoms with E-state index < -0.39 is 17.7 Å². The van der Waals surface area contributed by atoms with Crippen molar-refractivity contribution >= 4 is 29.3 Å². The second-order valence-electron chi connectivity index (χ2n) is 7.02. The summed E-state index contributed by atoms with van der Waals surface area (Å²) in [5, 5.41) is 16.8. The Kier molecular flexibility index (Phi) is 7.68. The molecule has 0 radical (unpaired) electrons. The quantitative estimate of drug-likeness (QED) is 0.330. The summed E-state index contributed by atoms with van der Waals surface area (Å²) >= 11 is 1.14. The van der Waals surface area contributed by atoms with Crippen LogP contribution in [0.5, 0.6) is 5.75 Å². The number of hydrogen-bond acceptors (Lipinski definition) is 8. The number of tetrazole rings is 1. The van der Waals surface area contributed by atoms with Gasteiger partial charge in [-0.15, -0.1) is 10.2 Å². The largest absolute Gasteiger partial charge is 0.482 e. The zero-order valence-corrected chi connectivity index (χ0v) is 19.3. The lowest BCUT2D eigenvalue weighted by molar-refractivity contribution is -0.145. The van der Waals surface area contributed by atoms with Crippen molar-refractivity contribution in [3.05, 3.63) is 78.1 Å². The molecule has 35 heavy (non-hydrogen) atoms. The number of anilines is 1. The molecule has 0 atom stereocenters. The van der Waals surface area contributed by atoms with Crippen molar-refractivity contribution in [3.8, 4) is 17.1 Å². The van der Waals surface area contributed by atoms with Crippen LogP contribution in [-0.4, -0.2) is 45.7 Å². The molecule has 0 saturated carbocycles. The van der Waals surface area contributed by atoms with Gasteiger partial charge in [-0.3, -0.25) is 4.79 Å². The highest BCUT2D eigenvalue weighted by Gasteiger charge is 2.17. The summed E-state index contributed by atoms with van der Waals surface area (Å²) in [6, 6.07) is 17.9. The Morgan fingerprint density at radius 2 is 1.86 bits per heavy atom. The average molecular weight is 494 g/mol. The fraction of sp³-hybridized carbons (Fsp3) is 0.125. The lowest BCUT2D eigenvalue weighted by Gasteiger charge is -2.13. The van der Waals surface area contributed by atoms with E-state index in [1.54, 1.807) is 43.3 Å². The Bertz CT molecular complexity index is 1320. The summed E-state index contributed by atoms with van der Waals surface area (Å²) < 4.78 is 25.0. The van der Waals surface area contributed by atoms with Gasteiger partial charge < -0.3 is 14.8 Å². The van der Waals surface area contributed by atoms with Gasteiger partial charge in [0.05, 0.1) is 17.2 Å². The van der Waals surface area contributed by atoms with Crippen LogP contribution in [0.25, 0.3) is 11.4 Å². The molecule has 0 unspecified atom stereocenters. The summed E-state index contributed by atoms with van der Waals surface area (Å²) in [6.07, 6.45) is 0. The highest BCUT2D eigenvalue weighted by molar-refractivity contribution is 7.99. The van der Waals surface area contributed by atoms with Crippen LogP contribution >= 0.6 is 11.8 Å². The highest BCUT2D eigenvalue weighted by Crippen LogP contribution is 2.39. The molecule has 4 rings (SSSR count). The summed E-state index contributed by atoms with van der Waals surface area (Å²) in [6.45, 7) is 1.75. The van der Waals surface area contributed by atoms with E-state index in [1.165, 1.54) is 12.1 Å². The van der Waals surface area contributed by atoms with Crippen LogP contribution in [-0.2, 0) is 9.53 Å². The van der Waals surface area contributed by atoms with Gasteiger partial charge in [0.15, 0.2) is 6.61 Å². The number of nitrogens with zero attached hydrogens (tertiary/aromatic N) is 3. The lowest BCUT2D eigenvalue weighted by Crippen LogP contribution is -2.15. The fourth-order valence-corrected chi connectivity index (χ4v) is 4.11. The first-order chi connectivity index (χ1) is 17.0. The second kappa shape index (κ2) is 11.3. The first kappa shape index (κ1) is 23.9. The zero-order chi connectivity index (χ0) is 24.6. The zero-order valence-electron chi connectivity index (χ0n) is 18.5. The number of halogens is 1. The van der Waals surface area contributed by atoms with E-state index in [2.05, 4.69) is 25.9 Å². The molecule has 0 spiro atoms. The number of carbonyl (C=O) groups is 2. The number of H-pyrrole nitrogens is 1. The van der Waals surface area contributed by atoms with Crippen molar-refractivity contribution in [1.29, 1.82) is 0 Å². The Morgan fingerprint density at radius 1 is 1.06 bits per heavy atom. The molecule has 0 aliphatic carbocycles. The van der Waals surface area contributed by atoms with Crippen molar-refractivity contribution in [1.82, 2.24) is 20.6 Å². The Balaban J connectivity index is 1.50. The number of benzene rings is 3. The van der Waals surface area contributed by atoms with Gasteiger partial charge in [-0.2, -0.15) is 5.21 Å². The SMILES string of the molecule is CCOC(=O)COc1ccc(C(=O)Nc2cccc(F)c2Sc2ccccc2-c2nn[nH]n2)cc1. The summed E-state index contributed by atoms with van der Waals surface area (Å²) in [7, 11) is 0. The van der Waals surface area contributed by atoms with Crippen LogP contribution in [0.1, 0.15) is 17.3 Å². The normalized spacial score (nSPS) is 10.6. The lowest BCUT2D eigenvalue weighted by atomic mass is 10.2. The van der Waals surface area contributed by atoms with Gasteiger partial charge in [0.25, 0.3) is 5.91 Å². The van der Waals surface area contributed by atoms with Gasteiger partial charge in [-0.25, -0.2) is 9.18 Å². The topological polar surface area (TPSA) is 119 Å². The number of carbonyl (C=O) groups excluding carboxylic acids is 2. The first-order valence-corrected chi connectivity index (χ1v) is 11.4. The smallest absolute Gasteiger partial charge is 0.344 e. The number of ether oxygens (including phenoxy) is 2. The molecule has 178 valence electrons. The molecule has 0 aliphatic rings. The molecule has 1 heterocycles. The number of hydrogen-bond donors (Lipinski definition) is 2. The van der Waals surface area contributed by atoms with Gasteiger partial charge in [-0.1, -0.05) is 30.0 Å². The van der Waals surface area contributed by atoms with E-state index in [4.69, 9.17) is 9.47 Å². The molecule has 1 amide bonds. The third-order valence-electron chi connectivity index (χ3n) is 4.68. The molecular formula is C24H20FN5O4S. The van der Waals surface area contributed by atoms with E-state index in [1.807, 2.05) is 18.2 Å². The minimum atomic E-state index is -0.488. The predicted octanol–water partition coefficient (Wildman–Crippen LogP) is 4.35. The maximum Gasteiger partial charge on any atom is 0.344 e. The summed E-state index contributed by atoms with van der Waals surface area (Å²) in [4.78, 5) is 25.2. The maximum absolute atomic E-state index is 14.8. The monoisotopic (exact) mass is 493 g/mol. The number of amides is 1. The standard InChI is InChI=1S/C24H20FN5O4S/c1-2-33-21(31)14-34-16-12-10-15(11-13-16)24(32)26-19-8-5-7-18(25)22(19)35-20-9-4-3-6-17(20)23-27-29-30-28-23/h3-13H,2,14H2,1H3,(H,26,32)(H,27,28,29,30). The minimum Gasteiger partial charge on any atom is -0.482 e. The average Bonchev–Trinajstić information content (AvgIpc) is 3.40. The second-order valence-corrected chi connectivity index (χ2v) is 8.07. The molecule has 9 nitrogen and oxygen atoms in total. The van der Waals surface area contributed by atoms with E-state index in [0.29, 0.717) is 33.3 Å². The molecule has 0 fully saturated rings. The maximum atomic E-state index is 14.8. The van der Waals surface area contributed by atoms with E-state index >= 15 is 0 Å². The van der Waals surface area contributed by atoms with Gasteiger partial charge >= 0.3 is 5.97 Å². The number of rotatable bonds is 9. The fourth-order valence-electron chi connectivity index (χ4n) is 3.08. The van der Waals surface area contributed by atoms with E-state index in [-0.39, 0.29) is 18.1 Å². The van der Waals surface area contributed by atoms with Gasteiger partial charge in [0, 0.05) is 16.0 Å². The first-order valence-electron chi connectivity index (χ1n) is 10.5.